The van der Waals surface area contributed by atoms with E-state index >= 15 is 4.39 Å². The number of benzene rings is 2. The Bertz CT molecular complexity index is 2320. The molecule has 0 radical (unpaired) electrons. The van der Waals surface area contributed by atoms with Gasteiger partial charge in [-0.2, -0.15) is 13.2 Å². The minimum Gasteiger partial charge on any atom is -0.351 e. The first-order chi connectivity index (χ1) is 25.2. The number of hydrogen-bond acceptors (Lipinski definition) is 11. The molecule has 5 aliphatic rings. The minimum atomic E-state index is -5.27. The van der Waals surface area contributed by atoms with Crippen molar-refractivity contribution in [3.63, 3.8) is 0 Å². The first-order valence-corrected chi connectivity index (χ1v) is 21.3. The third kappa shape index (κ3) is 6.32. The summed E-state index contributed by atoms with van der Waals surface area (Å²) in [5.41, 5.74) is -2.05. The number of piperazine rings is 1. The smallest absolute Gasteiger partial charge is 0.351 e. The van der Waals surface area contributed by atoms with E-state index in [-0.39, 0.29) is 58.7 Å². The van der Waals surface area contributed by atoms with Crippen LogP contribution in [0.2, 0.25) is 0 Å². The summed E-state index contributed by atoms with van der Waals surface area (Å²) in [5, 5.41) is 3.87. The van der Waals surface area contributed by atoms with E-state index in [0.29, 0.717) is 33.9 Å². The van der Waals surface area contributed by atoms with Gasteiger partial charge in [-0.25, -0.2) is 40.6 Å². The minimum absolute atomic E-state index is 0.0280. The molecule has 3 saturated heterocycles. The normalized spacial score (nSPS) is 26.4. The Morgan fingerprint density at radius 2 is 1.57 bits per heavy atom. The molecular formula is C34H32F5N7O4S3. The molecule has 5 atom stereocenters. The van der Waals surface area contributed by atoms with Gasteiger partial charge in [0.25, 0.3) is 10.0 Å². The van der Waals surface area contributed by atoms with Crippen LogP contribution >= 0.6 is 11.3 Å². The lowest BCUT2D eigenvalue weighted by molar-refractivity contribution is -0.140. The van der Waals surface area contributed by atoms with E-state index in [2.05, 4.69) is 20.1 Å². The van der Waals surface area contributed by atoms with Crippen LogP contribution in [0.5, 0.6) is 0 Å². The highest BCUT2D eigenvalue weighted by Gasteiger charge is 2.59. The van der Waals surface area contributed by atoms with Crippen molar-refractivity contribution in [1.29, 1.82) is 0 Å². The van der Waals surface area contributed by atoms with Gasteiger partial charge in [-0.1, -0.05) is 23.5 Å². The third-order valence-corrected chi connectivity index (χ3v) is 15.2. The molecule has 4 aromatic rings. The van der Waals surface area contributed by atoms with E-state index in [1.54, 1.807) is 6.07 Å². The molecule has 3 aliphatic heterocycles. The molecule has 2 N–H and O–H groups in total. The first-order valence-electron chi connectivity index (χ1n) is 17.2. The number of fused-ring (bicyclic) bond motifs is 3. The number of nitrogens with one attached hydrogen (secondary N) is 2. The lowest BCUT2D eigenvalue weighted by Gasteiger charge is -2.41. The molecular weight excluding hydrogens is 762 g/mol. The molecule has 2 aromatic carbocycles. The summed E-state index contributed by atoms with van der Waals surface area (Å²) >= 11 is 1.30. The lowest BCUT2D eigenvalue weighted by Crippen LogP contribution is -2.54. The van der Waals surface area contributed by atoms with Crippen LogP contribution in [0.15, 0.2) is 53.6 Å². The summed E-state index contributed by atoms with van der Waals surface area (Å²) < 4.78 is 125. The van der Waals surface area contributed by atoms with E-state index in [0.717, 1.165) is 38.1 Å². The van der Waals surface area contributed by atoms with Crippen molar-refractivity contribution < 1.29 is 38.8 Å². The molecule has 2 unspecified atom stereocenters. The number of thiazole rings is 1. The largest absolute Gasteiger partial charge is 0.417 e. The molecule has 53 heavy (non-hydrogen) atoms. The average molecular weight is 794 g/mol. The van der Waals surface area contributed by atoms with Crippen LogP contribution in [0.25, 0.3) is 21.8 Å². The predicted molar refractivity (Wildman–Crippen MR) is 188 cm³/mol. The Morgan fingerprint density at radius 3 is 2.25 bits per heavy atom. The fraction of sp³-hybridized carbons (Fsp3) is 0.441. The third-order valence-electron chi connectivity index (χ3n) is 10.9. The van der Waals surface area contributed by atoms with Gasteiger partial charge in [-0.05, 0) is 67.9 Å². The second-order valence-corrected chi connectivity index (χ2v) is 19.1. The molecule has 9 rings (SSSR count). The van der Waals surface area contributed by atoms with Gasteiger partial charge in [0.2, 0.25) is 5.95 Å². The van der Waals surface area contributed by atoms with E-state index in [9.17, 15) is 34.4 Å². The van der Waals surface area contributed by atoms with Crippen LogP contribution < -0.4 is 14.9 Å². The maximum absolute atomic E-state index is 16.6. The molecule has 2 aliphatic carbocycles. The molecule has 2 bridgehead atoms. The average Bonchev–Trinajstić information content (AvgIpc) is 3.92. The topological polar surface area (TPSA) is 137 Å². The number of anilines is 3. The Labute approximate surface area is 305 Å². The highest BCUT2D eigenvalue weighted by Crippen LogP contribution is 2.49. The Hall–Kier alpha value is -3.94. The van der Waals surface area contributed by atoms with E-state index in [4.69, 9.17) is 9.97 Å². The number of sulfonamides is 1. The number of aromatic nitrogens is 3. The quantitative estimate of drug-likeness (QED) is 0.205. The van der Waals surface area contributed by atoms with Gasteiger partial charge in [0.1, 0.15) is 10.7 Å². The number of halogens is 5. The summed E-state index contributed by atoms with van der Waals surface area (Å²) in [4.78, 5) is 17.6. The monoisotopic (exact) mass is 793 g/mol. The van der Waals surface area contributed by atoms with Crippen LogP contribution in [0.3, 0.4) is 0 Å². The molecule has 0 spiro atoms. The second-order valence-electron chi connectivity index (χ2n) is 14.4. The molecule has 2 saturated carbocycles. The second kappa shape index (κ2) is 12.3. The zero-order valence-electron chi connectivity index (χ0n) is 27.7. The number of nitrogens with zero attached hydrogens (tertiary/aromatic N) is 5. The Balaban J connectivity index is 1.09. The van der Waals surface area contributed by atoms with Crippen LogP contribution in [-0.2, 0) is 26.0 Å². The van der Waals surface area contributed by atoms with Gasteiger partial charge < -0.3 is 10.2 Å². The molecule has 2 aromatic heterocycles. The number of rotatable bonds is 9. The summed E-state index contributed by atoms with van der Waals surface area (Å²) in [7, 11) is -8.34. The number of likely N-dealkylation sites (tertiary alicyclic amines) is 1. The highest BCUT2D eigenvalue weighted by atomic mass is 32.2. The molecule has 19 heteroatoms. The lowest BCUT2D eigenvalue weighted by atomic mass is 10.1. The Morgan fingerprint density at radius 1 is 0.887 bits per heavy atom. The fourth-order valence-corrected chi connectivity index (χ4v) is 13.0. The van der Waals surface area contributed by atoms with Gasteiger partial charge in [0, 0.05) is 49.0 Å². The Kier molecular flexibility index (Phi) is 8.07. The van der Waals surface area contributed by atoms with Crippen molar-refractivity contribution >= 4 is 48.0 Å². The van der Waals surface area contributed by atoms with Crippen LogP contribution in [-0.4, -0.2) is 85.5 Å². The van der Waals surface area contributed by atoms with Crippen molar-refractivity contribution in [2.45, 2.75) is 60.9 Å². The van der Waals surface area contributed by atoms with Crippen molar-refractivity contribution in [2.24, 2.45) is 11.8 Å². The molecule has 5 fully saturated rings. The van der Waals surface area contributed by atoms with Crippen LogP contribution in [0, 0.1) is 23.5 Å². The summed E-state index contributed by atoms with van der Waals surface area (Å²) in [6.07, 6.45) is 0.598. The van der Waals surface area contributed by atoms with Gasteiger partial charge in [-0.3, -0.25) is 9.62 Å². The van der Waals surface area contributed by atoms with Gasteiger partial charge in [0.15, 0.2) is 20.8 Å². The molecule has 11 nitrogen and oxygen atoms in total. The van der Waals surface area contributed by atoms with E-state index in [1.165, 1.54) is 42.5 Å². The van der Waals surface area contributed by atoms with Crippen molar-refractivity contribution in [2.75, 3.05) is 39.5 Å². The van der Waals surface area contributed by atoms with Crippen molar-refractivity contribution in [3.05, 3.63) is 65.9 Å². The standard InChI is InChI=1S/C34H32F5N7O4S3/c35-24-5-2-4-23(34(37,38)39)31(24)53(49,50)44-25-6-1-3-20(27(25)36)29-30(26-11-12-40-32(41-26)42-28-21-15-52(47,48)16-22(21)28)51-33(43-29)46-18-9-10-19(46)14-45(13-18)17-7-8-17/h1-6,11-12,17-19,21-22,28,44H,7-10,13-16H2,(H,40,41,42)/t18?,19?,21-,22+,28+. The predicted octanol–water partition coefficient (Wildman–Crippen LogP) is 5.64. The summed E-state index contributed by atoms with van der Waals surface area (Å²) in [6, 6.07) is 8.00. The number of alkyl halides is 3. The molecule has 0 amide bonds. The maximum Gasteiger partial charge on any atom is 0.417 e. The highest BCUT2D eigenvalue weighted by molar-refractivity contribution is 7.92. The molecule has 280 valence electrons. The maximum atomic E-state index is 16.6. The van der Waals surface area contributed by atoms with Crippen molar-refractivity contribution in [3.8, 4) is 21.8 Å². The SMILES string of the molecule is O=S1(=O)C[C@@H]2[C@H](C1)[C@H]2Nc1nccc(-c2sc(N3C4CCC3CN(C3CC3)C4)nc2-c2cccc(NS(=O)(=O)c3c(F)cccc3C(F)(F)F)c2F)n1. The summed E-state index contributed by atoms with van der Waals surface area (Å²) in [5.74, 6) is -2.37. The fourth-order valence-electron chi connectivity index (χ4n) is 8.23. The van der Waals surface area contributed by atoms with Gasteiger partial charge >= 0.3 is 6.18 Å². The van der Waals surface area contributed by atoms with E-state index < -0.39 is 53.8 Å². The summed E-state index contributed by atoms with van der Waals surface area (Å²) in [6.45, 7) is 1.74. The number of sulfone groups is 1. The van der Waals surface area contributed by atoms with Gasteiger partial charge in [-0.15, -0.1) is 0 Å². The zero-order valence-corrected chi connectivity index (χ0v) is 30.2. The number of hydrogen-bond donors (Lipinski definition) is 2. The van der Waals surface area contributed by atoms with E-state index in [1.807, 2.05) is 4.72 Å². The molecule has 5 heterocycles. The first kappa shape index (κ1) is 34.8. The van der Waals surface area contributed by atoms with Crippen LogP contribution in [0.4, 0.5) is 38.7 Å². The van der Waals surface area contributed by atoms with Crippen molar-refractivity contribution in [1.82, 2.24) is 19.9 Å². The van der Waals surface area contributed by atoms with Crippen LogP contribution in [0.1, 0.15) is 31.2 Å². The zero-order chi connectivity index (χ0) is 37.0. The van der Waals surface area contributed by atoms with Gasteiger partial charge in [0.05, 0.1) is 39.0 Å².